The molecule has 0 spiro atoms. The van der Waals surface area contributed by atoms with Crippen molar-refractivity contribution in [2.24, 2.45) is 23.2 Å². The van der Waals surface area contributed by atoms with Crippen LogP contribution in [0, 0.1) is 23.2 Å². The molecule has 4 atom stereocenters. The summed E-state index contributed by atoms with van der Waals surface area (Å²) in [5.74, 6) is 2.89. The van der Waals surface area contributed by atoms with Crippen LogP contribution in [0.1, 0.15) is 62.8 Å². The van der Waals surface area contributed by atoms with Gasteiger partial charge in [-0.25, -0.2) is 8.42 Å². The van der Waals surface area contributed by atoms with E-state index in [1.807, 2.05) is 12.1 Å². The van der Waals surface area contributed by atoms with Gasteiger partial charge < -0.3 is 5.32 Å². The summed E-state index contributed by atoms with van der Waals surface area (Å²) in [5, 5.41) is 3.83. The lowest BCUT2D eigenvalue weighted by atomic mass is 9.45. The molecule has 156 valence electrons. The van der Waals surface area contributed by atoms with Crippen molar-refractivity contribution in [1.29, 1.82) is 0 Å². The summed E-state index contributed by atoms with van der Waals surface area (Å²) in [7, 11) is -3.43. The van der Waals surface area contributed by atoms with Crippen LogP contribution >= 0.6 is 11.3 Å². The zero-order chi connectivity index (χ0) is 20.4. The molecule has 2 bridgehead atoms. The Morgan fingerprint density at radius 3 is 2.48 bits per heavy atom. The fourth-order valence-corrected chi connectivity index (χ4v) is 8.77. The van der Waals surface area contributed by atoms with E-state index in [0.717, 1.165) is 18.4 Å². The lowest BCUT2D eigenvalue weighted by Crippen LogP contribution is -2.59. The first-order valence-corrected chi connectivity index (χ1v) is 13.2. The van der Waals surface area contributed by atoms with E-state index in [9.17, 15) is 8.42 Å². The second-order valence-electron chi connectivity index (χ2n) is 9.98. The molecule has 6 rings (SSSR count). The second-order valence-corrected chi connectivity index (χ2v) is 13.3. The monoisotopic (exact) mass is 429 g/mol. The quantitative estimate of drug-likeness (QED) is 0.648. The predicted molar refractivity (Wildman–Crippen MR) is 118 cm³/mol. The first-order chi connectivity index (χ1) is 13.8. The first kappa shape index (κ1) is 19.8. The van der Waals surface area contributed by atoms with Crippen molar-refractivity contribution in [3.63, 3.8) is 0 Å². The Balaban J connectivity index is 1.36. The summed E-state index contributed by atoms with van der Waals surface area (Å²) in [6.45, 7) is 8.07. The van der Waals surface area contributed by atoms with Crippen LogP contribution in [-0.2, 0) is 16.4 Å². The summed E-state index contributed by atoms with van der Waals surface area (Å²) in [6, 6.07) is 11.4. The van der Waals surface area contributed by atoms with Crippen molar-refractivity contribution in [2.75, 3.05) is 0 Å². The minimum absolute atomic E-state index is 0.395. The van der Waals surface area contributed by atoms with E-state index in [0.29, 0.717) is 32.4 Å². The van der Waals surface area contributed by atoms with Gasteiger partial charge in [-0.3, -0.25) is 0 Å². The molecule has 1 N–H and O–H groups in total. The van der Waals surface area contributed by atoms with Crippen LogP contribution in [-0.4, -0.2) is 14.5 Å². The number of hydrogen-bond donors (Lipinski definition) is 1. The highest BCUT2D eigenvalue weighted by Crippen LogP contribution is 2.61. The lowest BCUT2D eigenvalue weighted by molar-refractivity contribution is -0.115. The normalized spacial score (nSPS) is 30.7. The fourth-order valence-electron chi connectivity index (χ4n) is 5.79. The van der Waals surface area contributed by atoms with Crippen LogP contribution in [0.3, 0.4) is 0 Å². The summed E-state index contributed by atoms with van der Waals surface area (Å²) in [4.78, 5) is 1.62. The van der Waals surface area contributed by atoms with E-state index in [1.54, 1.807) is 24.3 Å². The SMILES string of the molecule is C[C@@H]1[C@H]2C[C@@H](C[C@H]1NCc1sc(S(=O)(=O)c3ccccc3)cc1C1CC1)C2(C)C. The molecule has 0 radical (unpaired) electrons. The first-order valence-electron chi connectivity index (χ1n) is 10.9. The molecule has 4 fully saturated rings. The maximum absolute atomic E-state index is 13.1. The number of hydrogen-bond acceptors (Lipinski definition) is 4. The molecule has 1 aromatic heterocycles. The van der Waals surface area contributed by atoms with Crippen molar-refractivity contribution in [2.45, 2.75) is 74.1 Å². The molecule has 0 amide bonds. The molecule has 0 saturated heterocycles. The van der Waals surface area contributed by atoms with E-state index >= 15 is 0 Å². The molecule has 4 aliphatic carbocycles. The van der Waals surface area contributed by atoms with Crippen LogP contribution in [0.2, 0.25) is 0 Å². The number of benzene rings is 1. The molecule has 1 aromatic carbocycles. The molecule has 2 aromatic rings. The summed E-state index contributed by atoms with van der Waals surface area (Å²) >= 11 is 1.48. The van der Waals surface area contributed by atoms with Gasteiger partial charge in [0.1, 0.15) is 4.21 Å². The van der Waals surface area contributed by atoms with Crippen LogP contribution in [0.4, 0.5) is 0 Å². The summed E-state index contributed by atoms with van der Waals surface area (Å²) in [6.07, 6.45) is 5.02. The Kier molecular flexibility index (Phi) is 4.72. The maximum Gasteiger partial charge on any atom is 0.215 e. The highest BCUT2D eigenvalue weighted by Gasteiger charge is 2.56. The van der Waals surface area contributed by atoms with Gasteiger partial charge in [0.2, 0.25) is 9.84 Å². The van der Waals surface area contributed by atoms with E-state index in [-0.39, 0.29) is 0 Å². The number of thiophene rings is 1. The largest absolute Gasteiger partial charge is 0.309 e. The summed E-state index contributed by atoms with van der Waals surface area (Å²) in [5.41, 5.74) is 1.77. The number of fused-ring (bicyclic) bond motifs is 2. The highest BCUT2D eigenvalue weighted by molar-refractivity contribution is 7.93. The van der Waals surface area contributed by atoms with Gasteiger partial charge >= 0.3 is 0 Å². The van der Waals surface area contributed by atoms with E-state index in [2.05, 4.69) is 26.1 Å². The van der Waals surface area contributed by atoms with Crippen molar-refractivity contribution in [3.05, 3.63) is 46.8 Å². The zero-order valence-electron chi connectivity index (χ0n) is 17.5. The van der Waals surface area contributed by atoms with E-state index < -0.39 is 9.84 Å². The number of nitrogens with one attached hydrogen (secondary N) is 1. The van der Waals surface area contributed by atoms with Crippen LogP contribution in [0.5, 0.6) is 0 Å². The average Bonchev–Trinajstić information content (AvgIpc) is 3.46. The van der Waals surface area contributed by atoms with Gasteiger partial charge in [0.15, 0.2) is 0 Å². The highest BCUT2D eigenvalue weighted by atomic mass is 32.2. The molecule has 0 unspecified atom stereocenters. The van der Waals surface area contributed by atoms with E-state index in [1.165, 1.54) is 47.5 Å². The summed E-state index contributed by atoms with van der Waals surface area (Å²) < 4.78 is 26.7. The fraction of sp³-hybridized carbons (Fsp3) is 0.583. The molecule has 29 heavy (non-hydrogen) atoms. The van der Waals surface area contributed by atoms with Gasteiger partial charge in [0.25, 0.3) is 0 Å². The number of rotatable bonds is 6. The van der Waals surface area contributed by atoms with E-state index in [4.69, 9.17) is 0 Å². The molecular weight excluding hydrogens is 398 g/mol. The van der Waals surface area contributed by atoms with Gasteiger partial charge in [-0.1, -0.05) is 39.0 Å². The number of sulfone groups is 1. The molecule has 4 saturated carbocycles. The van der Waals surface area contributed by atoms with Crippen molar-refractivity contribution in [1.82, 2.24) is 5.32 Å². The van der Waals surface area contributed by atoms with Crippen LogP contribution in [0.25, 0.3) is 0 Å². The average molecular weight is 430 g/mol. The van der Waals surface area contributed by atoms with Gasteiger partial charge in [0, 0.05) is 17.5 Å². The predicted octanol–water partition coefficient (Wildman–Crippen LogP) is 5.62. The van der Waals surface area contributed by atoms with Gasteiger partial charge in [-0.2, -0.15) is 0 Å². The van der Waals surface area contributed by atoms with Crippen molar-refractivity contribution in [3.8, 4) is 0 Å². The second kappa shape index (κ2) is 6.93. The van der Waals surface area contributed by atoms with Crippen molar-refractivity contribution >= 4 is 21.2 Å². The van der Waals surface area contributed by atoms with Crippen LogP contribution in [0.15, 0.2) is 45.5 Å². The molecule has 0 aliphatic heterocycles. The molecule has 5 heteroatoms. The minimum Gasteiger partial charge on any atom is -0.309 e. The Morgan fingerprint density at radius 1 is 1.14 bits per heavy atom. The Hall–Kier alpha value is -1.17. The third-order valence-corrected chi connectivity index (χ3v) is 11.4. The Morgan fingerprint density at radius 2 is 1.86 bits per heavy atom. The van der Waals surface area contributed by atoms with Gasteiger partial charge in [-0.05, 0) is 78.5 Å². The third kappa shape index (κ3) is 3.30. The zero-order valence-corrected chi connectivity index (χ0v) is 19.2. The van der Waals surface area contributed by atoms with Crippen LogP contribution < -0.4 is 5.32 Å². The van der Waals surface area contributed by atoms with Crippen molar-refractivity contribution < 1.29 is 8.42 Å². The topological polar surface area (TPSA) is 46.2 Å². The molecular formula is C24H31NO2S2. The Labute approximate surface area is 178 Å². The maximum atomic E-state index is 13.1. The van der Waals surface area contributed by atoms with Gasteiger partial charge in [0.05, 0.1) is 4.90 Å². The molecule has 4 aliphatic rings. The smallest absolute Gasteiger partial charge is 0.215 e. The van der Waals surface area contributed by atoms with Gasteiger partial charge in [-0.15, -0.1) is 11.3 Å². The Bertz CT molecular complexity index is 1000. The minimum atomic E-state index is -3.43. The molecule has 1 heterocycles. The lowest BCUT2D eigenvalue weighted by Gasteiger charge is -2.62. The third-order valence-electron chi connectivity index (χ3n) is 8.03. The molecule has 3 nitrogen and oxygen atoms in total. The standard InChI is InChI=1S/C24H31NO2S2/c1-15-20-11-17(24(20,2)3)12-21(15)25-14-22-19(16-9-10-16)13-23(28-22)29(26,27)18-7-5-4-6-8-18/h4-8,13,15-17,20-21,25H,9-12,14H2,1-3H3/t15-,17+,20-,21-/m1/s1.